The van der Waals surface area contributed by atoms with Crippen molar-refractivity contribution < 1.29 is 28.7 Å². The maximum Gasteiger partial charge on any atom is 0.266 e. The van der Waals surface area contributed by atoms with Crippen molar-refractivity contribution in [1.29, 1.82) is 0 Å². The summed E-state index contributed by atoms with van der Waals surface area (Å²) in [6.07, 6.45) is 3.14. The molecule has 4 amide bonds. The number of hydrogen-bond acceptors (Lipinski definition) is 7. The molecule has 3 aliphatic rings. The molecule has 3 aliphatic heterocycles. The van der Waals surface area contributed by atoms with Crippen molar-refractivity contribution in [2.75, 3.05) is 26.3 Å². The summed E-state index contributed by atoms with van der Waals surface area (Å²) in [6.45, 7) is 2.85. The monoisotopic (exact) mass is 451 g/mol. The van der Waals surface area contributed by atoms with Crippen LogP contribution in [0.2, 0.25) is 0 Å². The molecule has 168 valence electrons. The fourth-order valence-corrected chi connectivity index (χ4v) is 4.06. The summed E-state index contributed by atoms with van der Waals surface area (Å²) in [5, 5.41) is 5.48. The van der Waals surface area contributed by atoms with E-state index in [9.17, 15) is 19.2 Å². The second-order valence-electron chi connectivity index (χ2n) is 7.65. The van der Waals surface area contributed by atoms with Crippen LogP contribution >= 0.6 is 12.4 Å². The smallest absolute Gasteiger partial charge is 0.266 e. The van der Waals surface area contributed by atoms with Gasteiger partial charge in [-0.25, -0.2) is 0 Å². The number of carbonyl (C=O) groups excluding carboxylic acids is 4. The number of piperidine rings is 2. The van der Waals surface area contributed by atoms with Crippen LogP contribution in [0.3, 0.4) is 0 Å². The molecular formula is C21H26ClN3O6. The molecule has 1 unspecified atom stereocenters. The van der Waals surface area contributed by atoms with E-state index in [2.05, 4.69) is 10.6 Å². The third-order valence-electron chi connectivity index (χ3n) is 5.62. The highest BCUT2D eigenvalue weighted by Gasteiger charge is 2.45. The van der Waals surface area contributed by atoms with Crippen molar-refractivity contribution in [1.82, 2.24) is 15.5 Å². The minimum Gasteiger partial charge on any atom is -0.493 e. The van der Waals surface area contributed by atoms with Crippen molar-refractivity contribution in [3.8, 4) is 5.75 Å². The molecule has 31 heavy (non-hydrogen) atoms. The number of carbonyl (C=O) groups is 4. The Morgan fingerprint density at radius 1 is 1.00 bits per heavy atom. The molecule has 3 heterocycles. The number of rotatable bonds is 7. The first-order valence-corrected chi connectivity index (χ1v) is 10.4. The maximum atomic E-state index is 13.0. The van der Waals surface area contributed by atoms with E-state index in [0.29, 0.717) is 25.4 Å². The molecule has 0 bridgehead atoms. The van der Waals surface area contributed by atoms with Gasteiger partial charge in [0.15, 0.2) is 0 Å². The summed E-state index contributed by atoms with van der Waals surface area (Å²) < 4.78 is 11.6. The second-order valence-corrected chi connectivity index (χ2v) is 7.65. The molecule has 2 fully saturated rings. The van der Waals surface area contributed by atoms with E-state index in [4.69, 9.17) is 9.47 Å². The maximum absolute atomic E-state index is 13.0. The van der Waals surface area contributed by atoms with Gasteiger partial charge in [0.1, 0.15) is 11.8 Å². The van der Waals surface area contributed by atoms with Crippen LogP contribution in [-0.2, 0) is 14.3 Å². The molecule has 0 aromatic heterocycles. The van der Waals surface area contributed by atoms with E-state index in [1.54, 1.807) is 18.2 Å². The lowest BCUT2D eigenvalue weighted by molar-refractivity contribution is -0.136. The summed E-state index contributed by atoms with van der Waals surface area (Å²) in [4.78, 5) is 50.3. The number of fused-ring (bicyclic) bond motifs is 1. The number of benzene rings is 1. The molecule has 2 N–H and O–H groups in total. The van der Waals surface area contributed by atoms with Crippen LogP contribution < -0.4 is 15.4 Å². The summed E-state index contributed by atoms with van der Waals surface area (Å²) >= 11 is 0. The van der Waals surface area contributed by atoms with E-state index in [1.165, 1.54) is 0 Å². The molecule has 1 aromatic carbocycles. The van der Waals surface area contributed by atoms with Gasteiger partial charge in [-0.05, 0) is 44.5 Å². The normalized spacial score (nSPS) is 21.5. The van der Waals surface area contributed by atoms with Gasteiger partial charge in [-0.2, -0.15) is 0 Å². The van der Waals surface area contributed by atoms with Crippen molar-refractivity contribution in [2.24, 2.45) is 0 Å². The molecule has 0 spiro atoms. The molecule has 10 heteroatoms. The Labute approximate surface area is 186 Å². The van der Waals surface area contributed by atoms with Gasteiger partial charge in [0.2, 0.25) is 11.8 Å². The fourth-order valence-electron chi connectivity index (χ4n) is 4.06. The third-order valence-corrected chi connectivity index (χ3v) is 5.62. The predicted molar refractivity (Wildman–Crippen MR) is 112 cm³/mol. The van der Waals surface area contributed by atoms with Crippen LogP contribution in [0.4, 0.5) is 0 Å². The Hall–Kier alpha value is -2.49. The zero-order chi connectivity index (χ0) is 21.1. The quantitative estimate of drug-likeness (QED) is 0.470. The summed E-state index contributed by atoms with van der Waals surface area (Å²) in [6, 6.07) is 3.86. The van der Waals surface area contributed by atoms with Crippen molar-refractivity contribution in [3.63, 3.8) is 0 Å². The van der Waals surface area contributed by atoms with Gasteiger partial charge < -0.3 is 14.8 Å². The Bertz CT molecular complexity index is 871. The lowest BCUT2D eigenvalue weighted by Crippen LogP contribution is -2.54. The molecule has 9 nitrogen and oxygen atoms in total. The molecule has 1 atom stereocenters. The largest absolute Gasteiger partial charge is 0.493 e. The van der Waals surface area contributed by atoms with Gasteiger partial charge in [0, 0.05) is 12.8 Å². The standard InChI is InChI=1S/C21H25N3O6.ClH/c25-17-6-5-15(19(26)23-17)24-20(27)14-3-1-4-16(18(14)21(24)28)30-12-2-11-29-13-7-9-22-10-8-13;/h1,3-4,13,15,22H,2,5-12H2,(H,23,25,26);1H. The minimum absolute atomic E-state index is 0. The van der Waals surface area contributed by atoms with E-state index >= 15 is 0 Å². The van der Waals surface area contributed by atoms with Gasteiger partial charge >= 0.3 is 0 Å². The molecule has 2 saturated heterocycles. The van der Waals surface area contributed by atoms with Crippen molar-refractivity contribution in [3.05, 3.63) is 29.3 Å². The van der Waals surface area contributed by atoms with E-state index in [-0.39, 0.29) is 42.5 Å². The predicted octanol–water partition coefficient (Wildman–Crippen LogP) is 1.05. The number of nitrogens with one attached hydrogen (secondary N) is 2. The van der Waals surface area contributed by atoms with E-state index in [0.717, 1.165) is 30.8 Å². The Balaban J connectivity index is 0.00000272. The van der Waals surface area contributed by atoms with Crippen molar-refractivity contribution >= 4 is 36.0 Å². The average molecular weight is 452 g/mol. The van der Waals surface area contributed by atoms with Crippen LogP contribution in [0, 0.1) is 0 Å². The lowest BCUT2D eigenvalue weighted by Gasteiger charge is -2.27. The third kappa shape index (κ3) is 4.89. The molecule has 0 aliphatic carbocycles. The lowest BCUT2D eigenvalue weighted by atomic mass is 10.0. The van der Waals surface area contributed by atoms with Crippen LogP contribution in [0.25, 0.3) is 0 Å². The molecule has 0 radical (unpaired) electrons. The van der Waals surface area contributed by atoms with Gasteiger partial charge in [-0.3, -0.25) is 29.4 Å². The highest BCUT2D eigenvalue weighted by atomic mass is 35.5. The average Bonchev–Trinajstić information content (AvgIpc) is 3.00. The number of ether oxygens (including phenoxy) is 2. The van der Waals surface area contributed by atoms with Crippen molar-refractivity contribution in [2.45, 2.75) is 44.2 Å². The molecular weight excluding hydrogens is 426 g/mol. The van der Waals surface area contributed by atoms with Gasteiger partial charge in [-0.1, -0.05) is 6.07 Å². The zero-order valence-electron chi connectivity index (χ0n) is 17.1. The van der Waals surface area contributed by atoms with E-state index in [1.807, 2.05) is 0 Å². The Kier molecular flexibility index (Phi) is 7.64. The van der Waals surface area contributed by atoms with Gasteiger partial charge in [-0.15, -0.1) is 12.4 Å². The highest BCUT2D eigenvalue weighted by Crippen LogP contribution is 2.33. The van der Waals surface area contributed by atoms with Gasteiger partial charge in [0.25, 0.3) is 11.8 Å². The second kappa shape index (κ2) is 10.2. The topological polar surface area (TPSA) is 114 Å². The number of amides is 4. The molecule has 1 aromatic rings. The van der Waals surface area contributed by atoms with Crippen LogP contribution in [0.5, 0.6) is 5.75 Å². The number of imide groups is 2. The highest BCUT2D eigenvalue weighted by molar-refractivity contribution is 6.24. The summed E-state index contributed by atoms with van der Waals surface area (Å²) in [7, 11) is 0. The number of hydrogen-bond donors (Lipinski definition) is 2. The Morgan fingerprint density at radius 3 is 2.52 bits per heavy atom. The van der Waals surface area contributed by atoms with Crippen LogP contribution in [0.1, 0.15) is 52.8 Å². The van der Waals surface area contributed by atoms with Crippen LogP contribution in [0.15, 0.2) is 18.2 Å². The fraction of sp³-hybridized carbons (Fsp3) is 0.524. The Morgan fingerprint density at radius 2 is 1.77 bits per heavy atom. The SMILES string of the molecule is Cl.O=C1CCC(N2C(=O)c3cccc(OCCCOC4CCNCC4)c3C2=O)C(=O)N1. The zero-order valence-corrected chi connectivity index (χ0v) is 17.9. The molecule has 0 saturated carbocycles. The molecule has 4 rings (SSSR count). The number of halogens is 1. The first-order valence-electron chi connectivity index (χ1n) is 10.4. The van der Waals surface area contributed by atoms with Crippen LogP contribution in [-0.4, -0.2) is 67.0 Å². The number of nitrogens with zero attached hydrogens (tertiary/aromatic N) is 1. The first kappa shape index (κ1) is 23.2. The first-order chi connectivity index (χ1) is 14.6. The van der Waals surface area contributed by atoms with Gasteiger partial charge in [0.05, 0.1) is 30.4 Å². The minimum atomic E-state index is -0.985. The van der Waals surface area contributed by atoms with E-state index < -0.39 is 29.7 Å². The summed E-state index contributed by atoms with van der Waals surface area (Å²) in [5.74, 6) is -1.81. The summed E-state index contributed by atoms with van der Waals surface area (Å²) in [5.41, 5.74) is 0.389.